The first-order chi connectivity index (χ1) is 35.4. The highest BCUT2D eigenvalue weighted by atomic mass is 16.5. The van der Waals surface area contributed by atoms with Crippen LogP contribution in [0.2, 0.25) is 0 Å². The Hall–Kier alpha value is -10.1. The molecule has 0 amide bonds. The zero-order valence-corrected chi connectivity index (χ0v) is 43.3. The number of aromatic hydroxyl groups is 7. The van der Waals surface area contributed by atoms with E-state index in [2.05, 4.69) is 10.1 Å². The maximum atomic E-state index is 11.0. The number of phenolic OH excluding ortho intramolecular Hbond substituents is 7. The SMILES string of the molecule is CCc1ccc(N)c(O)c1.CNc1ccc(O)cc1.COC(=O)c1cccc(C(=O)O)c1.Cc1cc(O)ccc1N.Cc1ccc(N)c(O)c1.Cc1cccc(N)c1O.N.Nc1ccc(O)cc1.Nc1ccccc1O. The van der Waals surface area contributed by atoms with Crippen molar-refractivity contribution in [2.75, 3.05) is 53.9 Å². The molecular formula is C57H72N8O11. The van der Waals surface area contributed by atoms with E-state index in [1.165, 1.54) is 31.4 Å². The summed E-state index contributed by atoms with van der Waals surface area (Å²) in [5, 5.41) is 73.9. The highest BCUT2D eigenvalue weighted by Gasteiger charge is 2.08. The molecule has 0 aliphatic carbocycles. The first kappa shape index (κ1) is 65.9. The maximum absolute atomic E-state index is 11.0. The summed E-state index contributed by atoms with van der Waals surface area (Å²) in [5.41, 5.74) is 40.5. The molecule has 0 bridgehead atoms. The van der Waals surface area contributed by atoms with Crippen LogP contribution in [0.25, 0.3) is 0 Å². The monoisotopic (exact) mass is 1040 g/mol. The molecule has 0 saturated carbocycles. The van der Waals surface area contributed by atoms with Gasteiger partial charge in [-0.2, -0.15) is 0 Å². The van der Waals surface area contributed by atoms with Crippen LogP contribution in [0, 0.1) is 20.8 Å². The van der Waals surface area contributed by atoms with Crippen LogP contribution >= 0.6 is 0 Å². The fourth-order valence-electron chi connectivity index (χ4n) is 5.29. The minimum atomic E-state index is -1.06. The van der Waals surface area contributed by atoms with Crippen LogP contribution in [0.1, 0.15) is 49.9 Å². The van der Waals surface area contributed by atoms with Crippen LogP contribution in [0.15, 0.2) is 170 Å². The molecule has 19 heteroatoms. The molecule has 19 nitrogen and oxygen atoms in total. The van der Waals surface area contributed by atoms with Crippen LogP contribution < -0.4 is 45.9 Å². The number of methoxy groups -OCH3 is 1. The van der Waals surface area contributed by atoms with Crippen LogP contribution in [0.5, 0.6) is 40.2 Å². The number of aromatic carboxylic acids is 1. The lowest BCUT2D eigenvalue weighted by Gasteiger charge is -1.99. The number of phenols is 7. The molecule has 8 aromatic carbocycles. The standard InChI is InChI=1S/C9H8O4.C8H11NO.4C7H9NO.2C6H7NO.H3N/c1-13-9(12)7-4-2-3-6(5-7)8(10)11;1-2-6-3-4-7(9)8(10)5-6;1-8-6-2-4-7(9)5-3-6;1-5-4-6(9)2-3-7(5)8;1-5-2-3-6(8)7(9)4-5;1-5-3-2-4-6(8)7(5)9;7-5-1-3-6(8)4-2-5;7-5-3-1-2-4-6(5)8;/h2-5H,1H3,(H,10,11);3-5,10H,2,9H2,1H3;2-5,8-9H,1H3;3*2-4,9H,8H2,1H3;2*1-4,8H,7H2;1H3. The van der Waals surface area contributed by atoms with Gasteiger partial charge >= 0.3 is 11.9 Å². The van der Waals surface area contributed by atoms with Crippen molar-refractivity contribution in [1.29, 1.82) is 0 Å². The molecule has 0 unspecified atom stereocenters. The van der Waals surface area contributed by atoms with Crippen molar-refractivity contribution in [1.82, 2.24) is 6.15 Å². The number of rotatable bonds is 4. The van der Waals surface area contributed by atoms with Gasteiger partial charge in [-0.1, -0.05) is 49.4 Å². The zero-order chi connectivity index (χ0) is 56.6. The minimum Gasteiger partial charge on any atom is -0.508 e. The van der Waals surface area contributed by atoms with E-state index in [1.807, 2.05) is 71.1 Å². The third kappa shape index (κ3) is 26.3. The molecule has 0 aromatic heterocycles. The third-order valence-corrected chi connectivity index (χ3v) is 9.73. The van der Waals surface area contributed by atoms with E-state index in [0.717, 1.165) is 34.4 Å². The highest BCUT2D eigenvalue weighted by Crippen LogP contribution is 2.23. The summed E-state index contributed by atoms with van der Waals surface area (Å²) in [5.74, 6) is -0.108. The number of hydrogen-bond donors (Lipinski definition) is 16. The van der Waals surface area contributed by atoms with Gasteiger partial charge < -0.3 is 91.5 Å². The number of anilines is 7. The molecular weight excluding hydrogens is 973 g/mol. The number of hydrogen-bond acceptors (Lipinski definition) is 18. The summed E-state index contributed by atoms with van der Waals surface area (Å²) < 4.78 is 4.44. The van der Waals surface area contributed by atoms with Gasteiger partial charge in [-0.25, -0.2) is 9.59 Å². The fourth-order valence-corrected chi connectivity index (χ4v) is 5.29. The number of carbonyl (C=O) groups excluding carboxylic acids is 1. The van der Waals surface area contributed by atoms with Crippen molar-refractivity contribution in [3.63, 3.8) is 0 Å². The predicted octanol–water partition coefficient (Wildman–Crippen LogP) is 10.1. The number of para-hydroxylation sites is 3. The van der Waals surface area contributed by atoms with Gasteiger partial charge in [0.15, 0.2) is 0 Å². The summed E-state index contributed by atoms with van der Waals surface area (Å²) in [6.07, 6.45) is 0.924. The van der Waals surface area contributed by atoms with Gasteiger partial charge in [-0.3, -0.25) is 0 Å². The molecule has 0 aliphatic rings. The quantitative estimate of drug-likeness (QED) is 0.0337. The van der Waals surface area contributed by atoms with E-state index < -0.39 is 11.9 Å². The van der Waals surface area contributed by atoms with Gasteiger partial charge in [0.05, 0.1) is 41.0 Å². The van der Waals surface area contributed by atoms with E-state index >= 15 is 0 Å². The topological polar surface area (TPSA) is 408 Å². The molecule has 8 aromatic rings. The lowest BCUT2D eigenvalue weighted by Crippen LogP contribution is -2.03. The summed E-state index contributed by atoms with van der Waals surface area (Å²) in [4.78, 5) is 21.5. The van der Waals surface area contributed by atoms with Gasteiger partial charge in [-0.15, -0.1) is 0 Å². The minimum absolute atomic E-state index is 0. The Kier molecular flexibility index (Phi) is 30.4. The second kappa shape index (κ2) is 35.1. The van der Waals surface area contributed by atoms with Crippen molar-refractivity contribution >= 4 is 51.8 Å². The number of ether oxygens (including phenoxy) is 1. The van der Waals surface area contributed by atoms with Crippen molar-refractivity contribution in [2.45, 2.75) is 34.1 Å². The Labute approximate surface area is 443 Å². The second-order valence-corrected chi connectivity index (χ2v) is 15.7. The van der Waals surface area contributed by atoms with Gasteiger partial charge in [0.25, 0.3) is 0 Å². The van der Waals surface area contributed by atoms with Crippen molar-refractivity contribution in [3.8, 4) is 40.2 Å². The normalized spacial score (nSPS) is 9.18. The first-order valence-corrected chi connectivity index (χ1v) is 22.6. The maximum Gasteiger partial charge on any atom is 0.337 e. The van der Waals surface area contributed by atoms with E-state index in [-0.39, 0.29) is 51.8 Å². The molecule has 0 aliphatic heterocycles. The molecule has 406 valence electrons. The molecule has 0 spiro atoms. The molecule has 0 saturated heterocycles. The highest BCUT2D eigenvalue weighted by molar-refractivity contribution is 5.94. The number of nitrogens with one attached hydrogen (secondary N) is 1. The van der Waals surface area contributed by atoms with Gasteiger partial charge in [-0.05, 0) is 177 Å². The zero-order valence-electron chi connectivity index (χ0n) is 43.3. The summed E-state index contributed by atoms with van der Waals surface area (Å²) in [6.45, 7) is 7.60. The van der Waals surface area contributed by atoms with E-state index in [0.29, 0.717) is 39.9 Å². The average molecular weight is 1050 g/mol. The predicted molar refractivity (Wildman–Crippen MR) is 306 cm³/mol. The molecule has 0 fully saturated rings. The van der Waals surface area contributed by atoms with Crippen molar-refractivity contribution in [2.24, 2.45) is 0 Å². The second-order valence-electron chi connectivity index (χ2n) is 15.7. The van der Waals surface area contributed by atoms with E-state index in [1.54, 1.807) is 109 Å². The Balaban J connectivity index is 0.000000848. The Bertz CT molecular complexity index is 2870. The van der Waals surface area contributed by atoms with E-state index in [4.69, 9.17) is 75.3 Å². The Morgan fingerprint density at radius 1 is 0.487 bits per heavy atom. The van der Waals surface area contributed by atoms with Gasteiger partial charge in [0.1, 0.15) is 40.2 Å². The van der Waals surface area contributed by atoms with Crippen LogP contribution in [-0.2, 0) is 11.2 Å². The van der Waals surface area contributed by atoms with Gasteiger partial charge in [0.2, 0.25) is 0 Å². The summed E-state index contributed by atoms with van der Waals surface area (Å²) in [7, 11) is 3.09. The number of benzene rings is 8. The first-order valence-electron chi connectivity index (χ1n) is 22.6. The number of carboxylic acid groups (broad SMARTS) is 1. The number of nitrogen functional groups attached to an aromatic ring is 6. The number of carboxylic acids is 1. The molecule has 24 N–H and O–H groups in total. The lowest BCUT2D eigenvalue weighted by molar-refractivity contribution is 0.0600. The summed E-state index contributed by atoms with van der Waals surface area (Å²) in [6, 6.07) is 46.4. The van der Waals surface area contributed by atoms with Crippen LogP contribution in [-0.4, -0.2) is 66.9 Å². The number of carbonyl (C=O) groups is 2. The Morgan fingerprint density at radius 2 is 0.974 bits per heavy atom. The fraction of sp³-hybridized carbons (Fsp3) is 0.123. The van der Waals surface area contributed by atoms with Gasteiger partial charge in [0, 0.05) is 24.1 Å². The van der Waals surface area contributed by atoms with Crippen molar-refractivity contribution < 1.29 is 55.2 Å². The molecule has 8 rings (SSSR count). The lowest BCUT2D eigenvalue weighted by atomic mass is 10.1. The molecule has 76 heavy (non-hydrogen) atoms. The Morgan fingerprint density at radius 3 is 1.39 bits per heavy atom. The smallest absolute Gasteiger partial charge is 0.337 e. The molecule has 0 atom stereocenters. The number of aryl methyl sites for hydroxylation is 4. The van der Waals surface area contributed by atoms with Crippen molar-refractivity contribution in [3.05, 3.63) is 203 Å². The van der Waals surface area contributed by atoms with Crippen LogP contribution in [0.4, 0.5) is 39.8 Å². The molecule has 0 heterocycles. The summed E-state index contributed by atoms with van der Waals surface area (Å²) >= 11 is 0. The number of esters is 1. The van der Waals surface area contributed by atoms with E-state index in [9.17, 15) is 9.59 Å². The largest absolute Gasteiger partial charge is 0.508 e. The third-order valence-electron chi connectivity index (χ3n) is 9.73. The average Bonchev–Trinajstić information content (AvgIpc) is 3.39. The number of nitrogens with two attached hydrogens (primary N) is 6. The van der Waals surface area contributed by atoms with Crippen LogP contribution in [0.3, 0.4) is 0 Å². The molecule has 0 radical (unpaired) electrons.